The number of benzene rings is 1. The summed E-state index contributed by atoms with van der Waals surface area (Å²) >= 11 is 0. The van der Waals surface area contributed by atoms with Crippen LogP contribution < -0.4 is 4.72 Å². The van der Waals surface area contributed by atoms with E-state index in [9.17, 15) is 13.2 Å². The van der Waals surface area contributed by atoms with Crippen LogP contribution in [0.5, 0.6) is 0 Å². The molecule has 5 nitrogen and oxygen atoms in total. The van der Waals surface area contributed by atoms with E-state index < -0.39 is 22.0 Å². The van der Waals surface area contributed by atoms with Crippen molar-refractivity contribution in [1.29, 1.82) is 0 Å². The van der Waals surface area contributed by atoms with Crippen LogP contribution in [0.1, 0.15) is 45.1 Å². The van der Waals surface area contributed by atoms with Crippen LogP contribution in [-0.2, 0) is 14.8 Å². The van der Waals surface area contributed by atoms with Crippen LogP contribution in [0.3, 0.4) is 0 Å². The lowest BCUT2D eigenvalue weighted by Gasteiger charge is -2.10. The highest BCUT2D eigenvalue weighted by Gasteiger charge is 2.21. The molecule has 0 saturated heterocycles. The molecule has 22 heavy (non-hydrogen) atoms. The van der Waals surface area contributed by atoms with Gasteiger partial charge in [-0.3, -0.25) is 4.79 Å². The van der Waals surface area contributed by atoms with Crippen molar-refractivity contribution in [1.82, 2.24) is 4.72 Å². The molecule has 1 aromatic carbocycles. The first kappa shape index (κ1) is 18.4. The van der Waals surface area contributed by atoms with E-state index >= 15 is 0 Å². The highest BCUT2D eigenvalue weighted by molar-refractivity contribution is 7.89. The van der Waals surface area contributed by atoms with Gasteiger partial charge in [-0.05, 0) is 37.5 Å². The number of hydrogen-bond acceptors (Lipinski definition) is 3. The standard InChI is InChI=1S/C16H23NO4S/c1-3-4-5-6-7-8-14-9-11-15(12-10-14)22(20,21)17-13(2)16(18)19/h7-13,17H,3-6H2,1-2H3,(H,18,19)/t13-/m1/s1. The number of allylic oxidation sites excluding steroid dienone is 1. The Morgan fingerprint density at radius 1 is 1.27 bits per heavy atom. The number of carboxylic acids is 1. The van der Waals surface area contributed by atoms with Gasteiger partial charge < -0.3 is 5.11 Å². The monoisotopic (exact) mass is 325 g/mol. The molecular weight excluding hydrogens is 302 g/mol. The molecule has 0 aliphatic heterocycles. The zero-order valence-electron chi connectivity index (χ0n) is 13.0. The summed E-state index contributed by atoms with van der Waals surface area (Å²) in [5, 5.41) is 8.76. The fourth-order valence-electron chi connectivity index (χ4n) is 1.84. The molecule has 2 N–H and O–H groups in total. The van der Waals surface area contributed by atoms with Crippen molar-refractivity contribution in [3.63, 3.8) is 0 Å². The van der Waals surface area contributed by atoms with Gasteiger partial charge in [0.15, 0.2) is 0 Å². The molecule has 1 aromatic rings. The quantitative estimate of drug-likeness (QED) is 0.684. The molecule has 0 bridgehead atoms. The van der Waals surface area contributed by atoms with Gasteiger partial charge in [0.1, 0.15) is 6.04 Å². The Morgan fingerprint density at radius 2 is 1.91 bits per heavy atom. The average Bonchev–Trinajstić information content (AvgIpc) is 2.47. The number of carbonyl (C=O) groups is 1. The van der Waals surface area contributed by atoms with Gasteiger partial charge in [0.05, 0.1) is 4.90 Å². The number of sulfonamides is 1. The minimum absolute atomic E-state index is 0.0590. The molecule has 0 fully saturated rings. The van der Waals surface area contributed by atoms with Crippen LogP contribution in [-0.4, -0.2) is 25.5 Å². The third-order valence-electron chi connectivity index (χ3n) is 3.18. The fraction of sp³-hybridized carbons (Fsp3) is 0.438. The van der Waals surface area contributed by atoms with E-state index in [4.69, 9.17) is 5.11 Å². The van der Waals surface area contributed by atoms with E-state index in [-0.39, 0.29) is 4.90 Å². The molecule has 6 heteroatoms. The molecule has 1 atom stereocenters. The number of carboxylic acid groups (broad SMARTS) is 1. The van der Waals surface area contributed by atoms with Gasteiger partial charge in [0.2, 0.25) is 10.0 Å². The maximum atomic E-state index is 12.0. The second-order valence-corrected chi connectivity index (χ2v) is 6.86. The summed E-state index contributed by atoms with van der Waals surface area (Å²) in [5.74, 6) is -1.21. The van der Waals surface area contributed by atoms with E-state index in [0.717, 1.165) is 18.4 Å². The second-order valence-electron chi connectivity index (χ2n) is 5.15. The van der Waals surface area contributed by atoms with E-state index in [1.807, 2.05) is 6.08 Å². The lowest BCUT2D eigenvalue weighted by atomic mass is 10.1. The molecule has 0 heterocycles. The molecule has 1 rings (SSSR count). The number of nitrogens with one attached hydrogen (secondary N) is 1. The summed E-state index contributed by atoms with van der Waals surface area (Å²) in [6.07, 6.45) is 8.57. The predicted molar refractivity (Wildman–Crippen MR) is 87.0 cm³/mol. The van der Waals surface area contributed by atoms with Gasteiger partial charge in [-0.25, -0.2) is 8.42 Å². The zero-order valence-corrected chi connectivity index (χ0v) is 13.8. The molecule has 0 amide bonds. The summed E-state index contributed by atoms with van der Waals surface area (Å²) in [7, 11) is -3.81. The Kier molecular flexibility index (Phi) is 7.27. The minimum Gasteiger partial charge on any atom is -0.480 e. The molecule has 0 radical (unpaired) electrons. The van der Waals surface area contributed by atoms with Crippen molar-refractivity contribution < 1.29 is 18.3 Å². The maximum absolute atomic E-state index is 12.0. The maximum Gasteiger partial charge on any atom is 0.321 e. The summed E-state index contributed by atoms with van der Waals surface area (Å²) in [6.45, 7) is 3.44. The summed E-state index contributed by atoms with van der Waals surface area (Å²) in [6, 6.07) is 5.20. The average molecular weight is 325 g/mol. The van der Waals surface area contributed by atoms with Crippen molar-refractivity contribution in [2.75, 3.05) is 0 Å². The molecule has 0 aliphatic carbocycles. The lowest BCUT2D eigenvalue weighted by Crippen LogP contribution is -2.38. The van der Waals surface area contributed by atoms with Gasteiger partial charge in [0.25, 0.3) is 0 Å². The van der Waals surface area contributed by atoms with Crippen LogP contribution in [0.2, 0.25) is 0 Å². The van der Waals surface area contributed by atoms with Gasteiger partial charge in [0, 0.05) is 0 Å². The number of aliphatic carboxylic acids is 1. The van der Waals surface area contributed by atoms with Gasteiger partial charge in [-0.1, -0.05) is 44.1 Å². The number of unbranched alkanes of at least 4 members (excludes halogenated alkanes) is 3. The van der Waals surface area contributed by atoms with Gasteiger partial charge >= 0.3 is 5.97 Å². The van der Waals surface area contributed by atoms with Crippen LogP contribution in [0.4, 0.5) is 0 Å². The number of hydrogen-bond donors (Lipinski definition) is 2. The predicted octanol–water partition coefficient (Wildman–Crippen LogP) is 3.03. The molecular formula is C16H23NO4S. The number of rotatable bonds is 9. The van der Waals surface area contributed by atoms with E-state index in [1.54, 1.807) is 12.1 Å². The van der Waals surface area contributed by atoms with E-state index in [0.29, 0.717) is 0 Å². The van der Waals surface area contributed by atoms with E-state index in [2.05, 4.69) is 17.7 Å². The summed E-state index contributed by atoms with van der Waals surface area (Å²) < 4.78 is 26.1. The van der Waals surface area contributed by atoms with Crippen LogP contribution in [0.25, 0.3) is 6.08 Å². The molecule has 0 aliphatic rings. The highest BCUT2D eigenvalue weighted by Crippen LogP contribution is 2.13. The van der Waals surface area contributed by atoms with Crippen molar-refractivity contribution in [3.05, 3.63) is 35.9 Å². The van der Waals surface area contributed by atoms with Crippen molar-refractivity contribution in [3.8, 4) is 0 Å². The molecule has 0 unspecified atom stereocenters. The normalized spacial score (nSPS) is 13.4. The largest absolute Gasteiger partial charge is 0.480 e. The van der Waals surface area contributed by atoms with E-state index in [1.165, 1.54) is 31.9 Å². The first-order valence-corrected chi connectivity index (χ1v) is 8.87. The Balaban J connectivity index is 2.69. The van der Waals surface area contributed by atoms with Crippen LogP contribution in [0, 0.1) is 0 Å². The topological polar surface area (TPSA) is 83.5 Å². The minimum atomic E-state index is -3.81. The Labute approximate surface area is 132 Å². The smallest absolute Gasteiger partial charge is 0.321 e. The van der Waals surface area contributed by atoms with Crippen molar-refractivity contribution in [2.24, 2.45) is 0 Å². The SMILES string of the molecule is CCCCCC=Cc1ccc(S(=O)(=O)N[C@H](C)C(=O)O)cc1. The highest BCUT2D eigenvalue weighted by atomic mass is 32.2. The third-order valence-corrected chi connectivity index (χ3v) is 4.73. The Morgan fingerprint density at radius 3 is 2.45 bits per heavy atom. The van der Waals surface area contributed by atoms with Crippen molar-refractivity contribution >= 4 is 22.1 Å². The van der Waals surface area contributed by atoms with Crippen LogP contribution in [0.15, 0.2) is 35.2 Å². The van der Waals surface area contributed by atoms with Crippen LogP contribution >= 0.6 is 0 Å². The fourth-order valence-corrected chi connectivity index (χ4v) is 3.04. The lowest BCUT2D eigenvalue weighted by molar-refractivity contribution is -0.138. The second kappa shape index (κ2) is 8.70. The van der Waals surface area contributed by atoms with Gasteiger partial charge in [-0.2, -0.15) is 4.72 Å². The summed E-state index contributed by atoms with van der Waals surface area (Å²) in [5.41, 5.74) is 0.918. The molecule has 0 spiro atoms. The first-order valence-electron chi connectivity index (χ1n) is 7.38. The molecule has 0 aromatic heterocycles. The van der Waals surface area contributed by atoms with Gasteiger partial charge in [-0.15, -0.1) is 0 Å². The molecule has 0 saturated carbocycles. The Hall–Kier alpha value is -1.66. The third kappa shape index (κ3) is 5.99. The summed E-state index contributed by atoms with van der Waals surface area (Å²) in [4.78, 5) is 10.8. The first-order chi connectivity index (χ1) is 10.4. The Bertz CT molecular complexity index is 606. The molecule has 122 valence electrons. The van der Waals surface area contributed by atoms with Crippen molar-refractivity contribution in [2.45, 2.75) is 50.5 Å². The zero-order chi connectivity index (χ0) is 16.6.